The Kier molecular flexibility index (Phi) is 13.1. The number of cyclic esters (lactones) is 1. The van der Waals surface area contributed by atoms with Crippen molar-refractivity contribution in [1.82, 2.24) is 4.90 Å². The van der Waals surface area contributed by atoms with Gasteiger partial charge in [0, 0.05) is 17.8 Å². The average Bonchev–Trinajstić information content (AvgIpc) is 3.64. The van der Waals surface area contributed by atoms with Crippen LogP contribution in [0, 0.1) is 23.7 Å². The van der Waals surface area contributed by atoms with Gasteiger partial charge < -0.3 is 39.2 Å². The number of rotatable bonds is 7. The van der Waals surface area contributed by atoms with Crippen LogP contribution in [0.4, 0.5) is 0 Å². The summed E-state index contributed by atoms with van der Waals surface area (Å²) in [6.07, 6.45) is 0.659. The first-order chi connectivity index (χ1) is 21.0. The average molecular weight is 638 g/mol. The lowest BCUT2D eigenvalue weighted by Crippen LogP contribution is -2.63. The molecule has 3 aliphatic heterocycles. The molecule has 0 radical (unpaired) electrons. The highest BCUT2D eigenvalue weighted by atomic mass is 16.7. The van der Waals surface area contributed by atoms with E-state index in [9.17, 15) is 29.7 Å². The summed E-state index contributed by atoms with van der Waals surface area (Å²) in [5, 5.41) is 33.5. The number of ether oxygens (including phenoxy) is 4. The van der Waals surface area contributed by atoms with Gasteiger partial charge in [-0.1, -0.05) is 33.8 Å². The number of aliphatic hydroxyl groups is 3. The molecule has 0 aromatic rings. The van der Waals surface area contributed by atoms with Crippen molar-refractivity contribution in [2.24, 2.45) is 23.7 Å². The molecule has 2 saturated heterocycles. The Hall–Kier alpha value is -1.99. The predicted octanol–water partition coefficient (Wildman–Crippen LogP) is 2.59. The van der Waals surface area contributed by atoms with Crippen molar-refractivity contribution in [3.8, 4) is 0 Å². The van der Waals surface area contributed by atoms with E-state index in [0.717, 1.165) is 0 Å². The molecule has 256 valence electrons. The van der Waals surface area contributed by atoms with E-state index in [1.54, 1.807) is 51.1 Å². The Balaban J connectivity index is 2.03. The van der Waals surface area contributed by atoms with E-state index in [1.165, 1.54) is 13.0 Å². The fourth-order valence-corrected chi connectivity index (χ4v) is 6.86. The largest absolute Gasteiger partial charge is 0.462 e. The normalized spacial score (nSPS) is 44.4. The van der Waals surface area contributed by atoms with Crippen molar-refractivity contribution in [3.63, 3.8) is 0 Å². The van der Waals surface area contributed by atoms with Gasteiger partial charge in [-0.15, -0.1) is 0 Å². The number of hydrogen-bond acceptors (Lipinski definition) is 11. The summed E-state index contributed by atoms with van der Waals surface area (Å²) in [5.41, 5.74) is -0.659. The van der Waals surface area contributed by atoms with E-state index in [-0.39, 0.29) is 30.0 Å². The molecule has 3 N–H and O–H groups in total. The third-order valence-electron chi connectivity index (χ3n) is 9.81. The molecule has 14 atom stereocenters. The third kappa shape index (κ3) is 9.31. The highest BCUT2D eigenvalue weighted by Crippen LogP contribution is 2.45. The quantitative estimate of drug-likeness (QED) is 0.214. The van der Waals surface area contributed by atoms with Crippen LogP contribution >= 0.6 is 0 Å². The zero-order chi connectivity index (χ0) is 33.8. The maximum absolute atomic E-state index is 13.4. The second-order valence-electron chi connectivity index (χ2n) is 13.8. The van der Waals surface area contributed by atoms with Gasteiger partial charge in [-0.2, -0.15) is 0 Å². The molecular formula is C34H55NO10. The van der Waals surface area contributed by atoms with Gasteiger partial charge in [0.25, 0.3) is 0 Å². The number of ketones is 2. The maximum Gasteiger partial charge on any atom is 0.308 e. The fraction of sp³-hybridized carbons (Fsp3) is 0.794. The minimum atomic E-state index is -1.24. The molecular weight excluding hydrogens is 582 g/mol. The van der Waals surface area contributed by atoms with Crippen LogP contribution in [0.1, 0.15) is 74.1 Å². The van der Waals surface area contributed by atoms with Crippen molar-refractivity contribution in [3.05, 3.63) is 24.3 Å². The van der Waals surface area contributed by atoms with E-state index >= 15 is 0 Å². The Morgan fingerprint density at radius 3 is 2.38 bits per heavy atom. The summed E-state index contributed by atoms with van der Waals surface area (Å²) in [7, 11) is 3.48. The number of allylic oxidation sites excluding steroid dienone is 3. The molecule has 11 nitrogen and oxygen atoms in total. The Morgan fingerprint density at radius 2 is 1.78 bits per heavy atom. The van der Waals surface area contributed by atoms with Crippen molar-refractivity contribution >= 4 is 17.5 Å². The molecule has 0 saturated carbocycles. The summed E-state index contributed by atoms with van der Waals surface area (Å²) in [6.45, 7) is 12.5. The van der Waals surface area contributed by atoms with Crippen LogP contribution in [-0.2, 0) is 33.3 Å². The lowest BCUT2D eigenvalue weighted by Gasteiger charge is -2.46. The van der Waals surface area contributed by atoms with Gasteiger partial charge >= 0.3 is 5.97 Å². The molecule has 0 aliphatic carbocycles. The summed E-state index contributed by atoms with van der Waals surface area (Å²) < 4.78 is 24.3. The number of aliphatic hydroxyl groups excluding tert-OH is 3. The van der Waals surface area contributed by atoms with Crippen LogP contribution < -0.4 is 0 Å². The van der Waals surface area contributed by atoms with Gasteiger partial charge in [-0.25, -0.2) is 0 Å². The SMILES string of the molecule is CC[C@H]1OC(=O)C[C@@H](O)[C@H](C)C(O[C@@H]2O[C@H](C)[C@@H](O)[C@H](N(C)C)[C@H]2O)[C@@H](C/C=C/C(C)=O)C[C@@H](C)C(=O)/C=C/[C@]2(C)O[C@H]2[C@@H]1C. The molecule has 0 aromatic carbocycles. The highest BCUT2D eigenvalue weighted by Gasteiger charge is 2.55. The van der Waals surface area contributed by atoms with Gasteiger partial charge in [0.05, 0.1) is 43.0 Å². The molecule has 0 bridgehead atoms. The van der Waals surface area contributed by atoms with Gasteiger partial charge in [0.2, 0.25) is 0 Å². The van der Waals surface area contributed by atoms with Crippen molar-refractivity contribution in [1.29, 1.82) is 0 Å². The van der Waals surface area contributed by atoms with Crippen LogP contribution in [0.3, 0.4) is 0 Å². The summed E-state index contributed by atoms with van der Waals surface area (Å²) in [6, 6.07) is -0.690. The number of fused-ring (bicyclic) bond motifs is 1. The van der Waals surface area contributed by atoms with E-state index < -0.39 is 78.3 Å². The first-order valence-corrected chi connectivity index (χ1v) is 16.3. The second kappa shape index (κ2) is 15.7. The Labute approximate surface area is 267 Å². The number of esters is 1. The lowest BCUT2D eigenvalue weighted by molar-refractivity contribution is -0.304. The molecule has 3 rings (SSSR count). The minimum Gasteiger partial charge on any atom is -0.462 e. The van der Waals surface area contributed by atoms with Crippen molar-refractivity contribution < 1.29 is 48.7 Å². The monoisotopic (exact) mass is 637 g/mol. The summed E-state index contributed by atoms with van der Waals surface area (Å²) in [4.78, 5) is 40.0. The summed E-state index contributed by atoms with van der Waals surface area (Å²) >= 11 is 0. The van der Waals surface area contributed by atoms with E-state index in [1.807, 2.05) is 27.7 Å². The predicted molar refractivity (Wildman–Crippen MR) is 167 cm³/mol. The first-order valence-electron chi connectivity index (χ1n) is 16.3. The van der Waals surface area contributed by atoms with Crippen molar-refractivity contribution in [2.75, 3.05) is 14.1 Å². The van der Waals surface area contributed by atoms with Gasteiger partial charge in [-0.3, -0.25) is 14.4 Å². The van der Waals surface area contributed by atoms with Crippen LogP contribution in [0.25, 0.3) is 0 Å². The molecule has 0 spiro atoms. The third-order valence-corrected chi connectivity index (χ3v) is 9.81. The summed E-state index contributed by atoms with van der Waals surface area (Å²) in [5.74, 6) is -2.49. The minimum absolute atomic E-state index is 0.102. The van der Waals surface area contributed by atoms with E-state index in [2.05, 4.69) is 0 Å². The number of carbonyl (C=O) groups excluding carboxylic acids is 3. The highest BCUT2D eigenvalue weighted by molar-refractivity contribution is 5.91. The van der Waals surface area contributed by atoms with Gasteiger partial charge in [0.1, 0.15) is 17.8 Å². The molecule has 2 fully saturated rings. The van der Waals surface area contributed by atoms with Crippen LogP contribution in [0.15, 0.2) is 24.3 Å². The van der Waals surface area contributed by atoms with Crippen LogP contribution in [0.2, 0.25) is 0 Å². The Bertz CT molecular complexity index is 1090. The smallest absolute Gasteiger partial charge is 0.308 e. The zero-order valence-electron chi connectivity index (χ0n) is 28.3. The number of hydrogen-bond donors (Lipinski definition) is 3. The molecule has 0 aromatic heterocycles. The molecule has 11 heteroatoms. The number of epoxide rings is 1. The molecule has 1 unspecified atom stereocenters. The fourth-order valence-electron chi connectivity index (χ4n) is 6.86. The topological polar surface area (TPSA) is 155 Å². The number of likely N-dealkylation sites (N-methyl/N-ethyl adjacent to an activating group) is 1. The standard InChI is InChI=1S/C34H55NO10/c1-10-26-21(5)32-34(7,45-32)15-14-24(37)18(2)16-23(13-11-12-19(3)36)31(20(4)25(38)17-27(39)43-26)44-33-30(41)28(35(8)9)29(40)22(6)42-33/h11-12,14-15,18,20-23,25-26,28-33,38,40-41H,10,13,16-17H2,1-9H3/b12-11+,15-14+/t18-,20+,21-,22-,23+,25-,26-,28+,29-,30-,31?,32+,33+,34+/m1/s1. The van der Waals surface area contributed by atoms with E-state index in [4.69, 9.17) is 18.9 Å². The Morgan fingerprint density at radius 1 is 1.11 bits per heavy atom. The molecule has 3 aliphatic rings. The van der Waals surface area contributed by atoms with Crippen LogP contribution in [-0.4, -0.2) is 113 Å². The number of nitrogens with zero attached hydrogens (tertiary/aromatic N) is 1. The second-order valence-corrected chi connectivity index (χ2v) is 13.8. The van der Waals surface area contributed by atoms with Gasteiger partial charge in [0.15, 0.2) is 17.9 Å². The molecule has 3 heterocycles. The molecule has 45 heavy (non-hydrogen) atoms. The van der Waals surface area contributed by atoms with Crippen molar-refractivity contribution in [2.45, 2.75) is 135 Å². The first kappa shape index (κ1) is 37.5. The maximum atomic E-state index is 13.4. The zero-order valence-corrected chi connectivity index (χ0v) is 28.3. The number of carbonyl (C=O) groups is 3. The molecule has 0 amide bonds. The van der Waals surface area contributed by atoms with Crippen LogP contribution in [0.5, 0.6) is 0 Å². The van der Waals surface area contributed by atoms with Gasteiger partial charge in [-0.05, 0) is 78.3 Å². The lowest BCUT2D eigenvalue weighted by atomic mass is 9.79. The van der Waals surface area contributed by atoms with E-state index in [0.29, 0.717) is 19.3 Å².